The number of esters is 1. The molecule has 1 saturated carbocycles. The molecule has 3 amide bonds. The molecule has 2 aromatic carbocycles. The predicted octanol–water partition coefficient (Wildman–Crippen LogP) is 5.39. The lowest BCUT2D eigenvalue weighted by Gasteiger charge is -2.38. The first-order valence-corrected chi connectivity index (χ1v) is 16.9. The summed E-state index contributed by atoms with van der Waals surface area (Å²) in [5.74, 6) is -0.663. The molecule has 1 aliphatic carbocycles. The molecule has 51 heavy (non-hydrogen) atoms. The van der Waals surface area contributed by atoms with Crippen LogP contribution in [0.2, 0.25) is 0 Å². The van der Waals surface area contributed by atoms with E-state index in [4.69, 9.17) is 9.47 Å². The minimum Gasteiger partial charge on any atom is -0.479 e. The molecule has 4 rings (SSSR count). The predicted molar refractivity (Wildman–Crippen MR) is 187 cm³/mol. The van der Waals surface area contributed by atoms with Gasteiger partial charge in [0.1, 0.15) is 5.75 Å². The summed E-state index contributed by atoms with van der Waals surface area (Å²) in [6.45, 7) is 11.0. The number of alkyl carbamates (subject to hydrolysis) is 1. The fourth-order valence-corrected chi connectivity index (χ4v) is 5.96. The van der Waals surface area contributed by atoms with Crippen LogP contribution in [0.15, 0.2) is 30.3 Å². The number of ether oxygens (including phenoxy) is 4. The van der Waals surface area contributed by atoms with Crippen LogP contribution in [0, 0.1) is 17.0 Å². The van der Waals surface area contributed by atoms with Gasteiger partial charge in [-0.25, -0.2) is 9.59 Å². The standard InChI is InChI=1S/C24H35N3O5.C12H13NO6/c1-15(2)27(18-9-7-6-8-10-18)23(29)19-14-20-21(13-16(19)3)32-17(4)22(28)26(20)12-11-25-24(30)31-5;1-7(14)8(2)19-11-5-4-9(12(15)18-3)6-10(11)13(16)17/h13-15,17-18H,6-12H2,1-5H3,(H,25,30);4-6,8H,1-3H3/t17-;8-/m11/s1. The highest BCUT2D eigenvalue weighted by Gasteiger charge is 2.35. The molecule has 0 bridgehead atoms. The number of hydrogen-bond acceptors (Lipinski definition) is 11. The number of nitrogens with zero attached hydrogens (tertiary/aromatic N) is 3. The molecule has 2 atom stereocenters. The molecule has 1 N–H and O–H groups in total. The maximum absolute atomic E-state index is 13.7. The quantitative estimate of drug-likeness (QED) is 0.179. The average molecular weight is 713 g/mol. The number of Topliss-reactive ketones (excluding diaryl/α,β-unsaturated/α-hetero) is 1. The summed E-state index contributed by atoms with van der Waals surface area (Å²) in [5, 5.41) is 13.5. The normalized spacial score (nSPS) is 16.1. The number of nitrogens with one attached hydrogen (secondary N) is 1. The van der Waals surface area contributed by atoms with Gasteiger partial charge in [-0.15, -0.1) is 0 Å². The Morgan fingerprint density at radius 2 is 1.73 bits per heavy atom. The number of rotatable bonds is 11. The van der Waals surface area contributed by atoms with E-state index in [9.17, 15) is 34.1 Å². The molecule has 2 aliphatic rings. The van der Waals surface area contributed by atoms with E-state index in [0.717, 1.165) is 37.3 Å². The Morgan fingerprint density at radius 3 is 2.29 bits per heavy atom. The number of ketones is 1. The van der Waals surface area contributed by atoms with E-state index >= 15 is 0 Å². The van der Waals surface area contributed by atoms with Gasteiger partial charge in [0.25, 0.3) is 11.8 Å². The first-order valence-electron chi connectivity index (χ1n) is 16.9. The summed E-state index contributed by atoms with van der Waals surface area (Å²) in [7, 11) is 2.47. The number of carbonyl (C=O) groups is 5. The van der Waals surface area contributed by atoms with E-state index in [-0.39, 0.29) is 54.1 Å². The molecule has 0 radical (unpaired) electrons. The minimum atomic E-state index is -0.803. The molecule has 15 heteroatoms. The van der Waals surface area contributed by atoms with Gasteiger partial charge in [-0.2, -0.15) is 0 Å². The van der Waals surface area contributed by atoms with E-state index in [0.29, 0.717) is 17.0 Å². The summed E-state index contributed by atoms with van der Waals surface area (Å²) in [4.78, 5) is 74.2. The van der Waals surface area contributed by atoms with Crippen LogP contribution in [0.3, 0.4) is 0 Å². The molecule has 2 aromatic rings. The number of amides is 3. The lowest BCUT2D eigenvalue weighted by molar-refractivity contribution is -0.386. The molecule has 0 spiro atoms. The summed E-state index contributed by atoms with van der Waals surface area (Å²) in [5.41, 5.74) is 1.61. The Hall–Kier alpha value is -5.21. The number of methoxy groups -OCH3 is 2. The van der Waals surface area contributed by atoms with Crippen molar-refractivity contribution in [3.8, 4) is 11.5 Å². The molecule has 15 nitrogen and oxygen atoms in total. The topological polar surface area (TPSA) is 184 Å². The van der Waals surface area contributed by atoms with E-state index in [1.165, 1.54) is 46.6 Å². The zero-order valence-electron chi connectivity index (χ0n) is 30.5. The molecule has 1 heterocycles. The van der Waals surface area contributed by atoms with E-state index < -0.39 is 34.9 Å². The van der Waals surface area contributed by atoms with Gasteiger partial charge in [0.2, 0.25) is 0 Å². The van der Waals surface area contributed by atoms with Crippen molar-refractivity contribution in [2.45, 2.75) is 97.9 Å². The highest BCUT2D eigenvalue weighted by molar-refractivity contribution is 6.03. The maximum atomic E-state index is 13.7. The summed E-state index contributed by atoms with van der Waals surface area (Å²) >= 11 is 0. The largest absolute Gasteiger partial charge is 0.479 e. The number of anilines is 1. The van der Waals surface area contributed by atoms with Crippen molar-refractivity contribution in [1.29, 1.82) is 0 Å². The average Bonchev–Trinajstić information content (AvgIpc) is 3.09. The molecular formula is C36H48N4O11. The first-order chi connectivity index (χ1) is 24.1. The van der Waals surface area contributed by atoms with Crippen LogP contribution >= 0.6 is 0 Å². The minimum absolute atomic E-state index is 0.00842. The number of nitro groups is 1. The fourth-order valence-electron chi connectivity index (χ4n) is 5.96. The van der Waals surface area contributed by atoms with Crippen molar-refractivity contribution in [1.82, 2.24) is 10.2 Å². The number of carbonyl (C=O) groups excluding carboxylic acids is 5. The van der Waals surface area contributed by atoms with E-state index in [1.54, 1.807) is 17.9 Å². The van der Waals surface area contributed by atoms with Crippen molar-refractivity contribution in [2.75, 3.05) is 32.2 Å². The summed E-state index contributed by atoms with van der Waals surface area (Å²) in [6, 6.07) is 7.58. The van der Waals surface area contributed by atoms with Gasteiger partial charge >= 0.3 is 17.7 Å². The second kappa shape index (κ2) is 18.2. The van der Waals surface area contributed by atoms with Crippen LogP contribution < -0.4 is 19.7 Å². The zero-order valence-corrected chi connectivity index (χ0v) is 30.5. The zero-order chi connectivity index (χ0) is 38.0. The second-order valence-electron chi connectivity index (χ2n) is 12.7. The van der Waals surface area contributed by atoms with Crippen molar-refractivity contribution in [2.24, 2.45) is 0 Å². The van der Waals surface area contributed by atoms with Gasteiger partial charge in [-0.3, -0.25) is 24.5 Å². The monoisotopic (exact) mass is 712 g/mol. The molecule has 1 fully saturated rings. The van der Waals surface area contributed by atoms with Gasteiger partial charge < -0.3 is 34.1 Å². The lowest BCUT2D eigenvalue weighted by atomic mass is 9.92. The number of aryl methyl sites for hydroxylation is 1. The van der Waals surface area contributed by atoms with Crippen LogP contribution in [0.1, 0.15) is 93.0 Å². The Labute approximate surface area is 297 Å². The third-order valence-electron chi connectivity index (χ3n) is 8.75. The Bertz CT molecular complexity index is 1620. The van der Waals surface area contributed by atoms with Gasteiger partial charge in [0.15, 0.2) is 23.7 Å². The Kier molecular flexibility index (Phi) is 14.3. The van der Waals surface area contributed by atoms with E-state index in [2.05, 4.69) is 28.6 Å². The SMILES string of the molecule is COC(=O)NCCN1C(=O)[C@@H](C)Oc2cc(C)c(C(=O)N(C(C)C)C3CCCCC3)cc21.COC(=O)c1ccc(O[C@H](C)C(C)=O)c([N+](=O)[O-])c1. The van der Waals surface area contributed by atoms with Crippen LogP contribution in [-0.4, -0.2) is 91.1 Å². The summed E-state index contributed by atoms with van der Waals surface area (Å²) in [6.07, 6.45) is 3.56. The molecular weight excluding hydrogens is 664 g/mol. The maximum Gasteiger partial charge on any atom is 0.406 e. The summed E-state index contributed by atoms with van der Waals surface area (Å²) < 4.78 is 20.1. The molecule has 0 saturated heterocycles. The van der Waals surface area contributed by atoms with E-state index in [1.807, 2.05) is 17.9 Å². The van der Waals surface area contributed by atoms with Crippen molar-refractivity contribution < 1.29 is 47.8 Å². The highest BCUT2D eigenvalue weighted by atomic mass is 16.6. The van der Waals surface area contributed by atoms with Crippen LogP contribution in [0.5, 0.6) is 11.5 Å². The molecule has 1 aliphatic heterocycles. The Balaban J connectivity index is 0.000000316. The van der Waals surface area contributed by atoms with Crippen LogP contribution in [0.25, 0.3) is 0 Å². The number of hydrogen-bond donors (Lipinski definition) is 1. The number of nitro benzene ring substituents is 1. The molecule has 278 valence electrons. The van der Waals surface area contributed by atoms with Gasteiger partial charge in [-0.05, 0) is 84.2 Å². The second-order valence-corrected chi connectivity index (χ2v) is 12.7. The molecule has 0 aromatic heterocycles. The Morgan fingerprint density at radius 1 is 1.06 bits per heavy atom. The first kappa shape index (κ1) is 40.2. The fraction of sp³-hybridized carbons (Fsp3) is 0.528. The number of fused-ring (bicyclic) bond motifs is 1. The third kappa shape index (κ3) is 10.2. The smallest absolute Gasteiger partial charge is 0.406 e. The third-order valence-corrected chi connectivity index (χ3v) is 8.75. The number of benzene rings is 2. The highest BCUT2D eigenvalue weighted by Crippen LogP contribution is 2.38. The van der Waals surface area contributed by atoms with Gasteiger partial charge in [0, 0.05) is 36.8 Å². The van der Waals surface area contributed by atoms with Crippen LogP contribution in [-0.2, 0) is 19.1 Å². The molecule has 0 unspecified atom stereocenters. The van der Waals surface area contributed by atoms with Crippen molar-refractivity contribution in [3.05, 3.63) is 57.1 Å². The van der Waals surface area contributed by atoms with Gasteiger partial charge in [-0.1, -0.05) is 19.3 Å². The van der Waals surface area contributed by atoms with Crippen LogP contribution in [0.4, 0.5) is 16.2 Å². The van der Waals surface area contributed by atoms with Gasteiger partial charge in [0.05, 0.1) is 30.4 Å². The van der Waals surface area contributed by atoms with Crippen molar-refractivity contribution in [3.63, 3.8) is 0 Å². The lowest BCUT2D eigenvalue weighted by Crippen LogP contribution is -2.48. The van der Waals surface area contributed by atoms with Crippen molar-refractivity contribution >= 4 is 41.0 Å².